The number of hydrogen-bond acceptors (Lipinski definition) is 2. The monoisotopic (exact) mass is 273 g/mol. The highest BCUT2D eigenvalue weighted by molar-refractivity contribution is 6.22. The van der Waals surface area contributed by atoms with Crippen LogP contribution in [0.5, 0.6) is 0 Å². The van der Waals surface area contributed by atoms with E-state index in [-0.39, 0.29) is 11.8 Å². The largest absolute Gasteiger partial charge is 0.288 e. The van der Waals surface area contributed by atoms with Gasteiger partial charge in [0.05, 0.1) is 11.1 Å². The second-order valence-corrected chi connectivity index (χ2v) is 5.49. The molecule has 2 rings (SSSR count). The van der Waals surface area contributed by atoms with Gasteiger partial charge in [-0.2, -0.15) is 0 Å². The number of carbonyl (C=O) groups excluding carboxylic acids is 2. The van der Waals surface area contributed by atoms with Crippen LogP contribution in [0, 0.1) is 0 Å². The van der Waals surface area contributed by atoms with E-state index in [1.807, 2.05) is 12.1 Å². The van der Waals surface area contributed by atoms with Crippen molar-refractivity contribution < 1.29 is 9.59 Å². The quantitative estimate of drug-likeness (QED) is 0.577. The lowest BCUT2D eigenvalue weighted by molar-refractivity contribution is 0.0879. The predicted molar refractivity (Wildman–Crippen MR) is 79.9 cm³/mol. The molecule has 1 aromatic rings. The van der Waals surface area contributed by atoms with Crippen molar-refractivity contribution in [2.75, 3.05) is 0 Å². The summed E-state index contributed by atoms with van der Waals surface area (Å²) in [5.74, 6) is -0.491. The minimum atomic E-state index is -0.258. The molecule has 0 aliphatic carbocycles. The first-order chi connectivity index (χ1) is 9.74. The van der Waals surface area contributed by atoms with E-state index in [1.165, 1.54) is 38.5 Å². The maximum absolute atomic E-state index is 11.8. The SMILES string of the molecule is CCCCCCCCCc1cccc2c1C(=O)NC2=O. The molecule has 1 heterocycles. The molecule has 0 fully saturated rings. The molecule has 0 bridgehead atoms. The zero-order valence-electron chi connectivity index (χ0n) is 12.2. The highest BCUT2D eigenvalue weighted by atomic mass is 16.2. The Bertz CT molecular complexity index is 494. The Labute approximate surface area is 120 Å². The maximum Gasteiger partial charge on any atom is 0.259 e. The van der Waals surface area contributed by atoms with Crippen LogP contribution in [-0.2, 0) is 6.42 Å². The highest BCUT2D eigenvalue weighted by Gasteiger charge is 2.28. The van der Waals surface area contributed by atoms with Crippen LogP contribution in [0.25, 0.3) is 0 Å². The number of benzene rings is 1. The third-order valence-electron chi connectivity index (χ3n) is 3.90. The normalized spacial score (nSPS) is 13.4. The number of hydrogen-bond donors (Lipinski definition) is 1. The van der Waals surface area contributed by atoms with Gasteiger partial charge in [-0.1, -0.05) is 57.6 Å². The van der Waals surface area contributed by atoms with Crippen molar-refractivity contribution in [1.29, 1.82) is 0 Å². The van der Waals surface area contributed by atoms with Gasteiger partial charge in [0, 0.05) is 0 Å². The lowest BCUT2D eigenvalue weighted by atomic mass is 9.97. The summed E-state index contributed by atoms with van der Waals surface area (Å²) < 4.78 is 0. The maximum atomic E-state index is 11.8. The Morgan fingerprint density at radius 2 is 1.60 bits per heavy atom. The van der Waals surface area contributed by atoms with Gasteiger partial charge in [0.2, 0.25) is 0 Å². The average molecular weight is 273 g/mol. The minimum absolute atomic E-state index is 0.233. The van der Waals surface area contributed by atoms with Gasteiger partial charge in [-0.3, -0.25) is 14.9 Å². The number of amides is 2. The van der Waals surface area contributed by atoms with E-state index >= 15 is 0 Å². The first kappa shape index (κ1) is 14.8. The number of nitrogens with one attached hydrogen (secondary N) is 1. The van der Waals surface area contributed by atoms with Crippen molar-refractivity contribution >= 4 is 11.8 Å². The zero-order chi connectivity index (χ0) is 14.4. The summed E-state index contributed by atoms with van der Waals surface area (Å²) in [5.41, 5.74) is 2.15. The van der Waals surface area contributed by atoms with Gasteiger partial charge >= 0.3 is 0 Å². The van der Waals surface area contributed by atoms with E-state index in [1.54, 1.807) is 6.07 Å². The summed E-state index contributed by atoms with van der Waals surface area (Å²) in [6.07, 6.45) is 9.67. The van der Waals surface area contributed by atoms with E-state index in [0.717, 1.165) is 18.4 Å². The highest BCUT2D eigenvalue weighted by Crippen LogP contribution is 2.22. The van der Waals surface area contributed by atoms with Crippen LogP contribution in [0.15, 0.2) is 18.2 Å². The molecular weight excluding hydrogens is 250 g/mol. The van der Waals surface area contributed by atoms with Crippen LogP contribution < -0.4 is 5.32 Å². The summed E-state index contributed by atoms with van der Waals surface area (Å²) >= 11 is 0. The molecular formula is C17H23NO2. The first-order valence-electron chi connectivity index (χ1n) is 7.71. The summed E-state index contributed by atoms with van der Waals surface area (Å²) in [5, 5.41) is 2.37. The molecule has 0 aromatic heterocycles. The van der Waals surface area contributed by atoms with Crippen LogP contribution in [-0.4, -0.2) is 11.8 Å². The van der Waals surface area contributed by atoms with Crippen LogP contribution in [0.3, 0.4) is 0 Å². The summed E-state index contributed by atoms with van der Waals surface area (Å²) in [7, 11) is 0. The minimum Gasteiger partial charge on any atom is -0.288 e. The molecule has 108 valence electrons. The molecule has 0 radical (unpaired) electrons. The van der Waals surface area contributed by atoms with Crippen molar-refractivity contribution in [2.24, 2.45) is 0 Å². The molecule has 0 saturated heterocycles. The van der Waals surface area contributed by atoms with Crippen molar-refractivity contribution in [2.45, 2.75) is 58.3 Å². The third kappa shape index (κ3) is 3.47. The molecule has 1 aliphatic rings. The van der Waals surface area contributed by atoms with Crippen molar-refractivity contribution in [1.82, 2.24) is 5.32 Å². The van der Waals surface area contributed by atoms with E-state index in [0.29, 0.717) is 11.1 Å². The van der Waals surface area contributed by atoms with Crippen LogP contribution >= 0.6 is 0 Å². The Morgan fingerprint density at radius 1 is 0.900 bits per heavy atom. The van der Waals surface area contributed by atoms with Gasteiger partial charge in [0.1, 0.15) is 0 Å². The van der Waals surface area contributed by atoms with E-state index in [2.05, 4.69) is 12.2 Å². The first-order valence-corrected chi connectivity index (χ1v) is 7.71. The Balaban J connectivity index is 1.83. The molecule has 0 atom stereocenters. The lowest BCUT2D eigenvalue weighted by Crippen LogP contribution is -2.20. The second kappa shape index (κ2) is 7.22. The van der Waals surface area contributed by atoms with Gasteiger partial charge in [0.15, 0.2) is 0 Å². The summed E-state index contributed by atoms with van der Waals surface area (Å²) in [4.78, 5) is 23.3. The smallest absolute Gasteiger partial charge is 0.259 e. The van der Waals surface area contributed by atoms with Crippen molar-refractivity contribution in [3.8, 4) is 0 Å². The topological polar surface area (TPSA) is 46.2 Å². The van der Waals surface area contributed by atoms with E-state index in [4.69, 9.17) is 0 Å². The Hall–Kier alpha value is -1.64. The molecule has 2 amide bonds. The van der Waals surface area contributed by atoms with Gasteiger partial charge in [-0.05, 0) is 24.5 Å². The van der Waals surface area contributed by atoms with Crippen LogP contribution in [0.4, 0.5) is 0 Å². The van der Waals surface area contributed by atoms with Crippen molar-refractivity contribution in [3.05, 3.63) is 34.9 Å². The number of rotatable bonds is 8. The lowest BCUT2D eigenvalue weighted by Gasteiger charge is -2.06. The standard InChI is InChI=1S/C17H23NO2/c1-2-3-4-5-6-7-8-10-13-11-9-12-14-15(13)17(20)18-16(14)19/h9,11-12H,2-8,10H2,1H3,(H,18,19,20). The molecule has 1 aromatic carbocycles. The fourth-order valence-corrected chi connectivity index (χ4v) is 2.77. The third-order valence-corrected chi connectivity index (χ3v) is 3.90. The molecule has 1 N–H and O–H groups in total. The number of aryl methyl sites for hydroxylation is 1. The predicted octanol–water partition coefficient (Wildman–Crippen LogP) is 3.86. The number of unbranched alkanes of at least 4 members (excludes halogenated alkanes) is 6. The zero-order valence-corrected chi connectivity index (χ0v) is 12.2. The summed E-state index contributed by atoms with van der Waals surface area (Å²) in [6.45, 7) is 2.22. The fourth-order valence-electron chi connectivity index (χ4n) is 2.77. The van der Waals surface area contributed by atoms with Gasteiger partial charge in [-0.25, -0.2) is 0 Å². The molecule has 1 aliphatic heterocycles. The molecule has 0 saturated carbocycles. The molecule has 0 unspecified atom stereocenters. The Morgan fingerprint density at radius 3 is 2.35 bits per heavy atom. The van der Waals surface area contributed by atoms with E-state index in [9.17, 15) is 9.59 Å². The van der Waals surface area contributed by atoms with Gasteiger partial charge in [-0.15, -0.1) is 0 Å². The molecule has 3 nitrogen and oxygen atoms in total. The van der Waals surface area contributed by atoms with Crippen LogP contribution in [0.1, 0.15) is 78.1 Å². The van der Waals surface area contributed by atoms with Gasteiger partial charge in [0.25, 0.3) is 11.8 Å². The average Bonchev–Trinajstić information content (AvgIpc) is 2.74. The second-order valence-electron chi connectivity index (χ2n) is 5.49. The Kier molecular flexibility index (Phi) is 5.33. The number of imide groups is 1. The summed E-state index contributed by atoms with van der Waals surface area (Å²) in [6, 6.07) is 5.56. The number of fused-ring (bicyclic) bond motifs is 1. The molecule has 20 heavy (non-hydrogen) atoms. The molecule has 0 spiro atoms. The van der Waals surface area contributed by atoms with Crippen molar-refractivity contribution in [3.63, 3.8) is 0 Å². The fraction of sp³-hybridized carbons (Fsp3) is 0.529. The van der Waals surface area contributed by atoms with Gasteiger partial charge < -0.3 is 0 Å². The van der Waals surface area contributed by atoms with Crippen LogP contribution in [0.2, 0.25) is 0 Å². The van der Waals surface area contributed by atoms with E-state index < -0.39 is 0 Å². The number of carbonyl (C=O) groups is 2. The molecule has 3 heteroatoms.